The Hall–Kier alpha value is -0.820. The molecule has 6 saturated carbocycles. The first-order valence-electron chi connectivity index (χ1n) is 7.66. The van der Waals surface area contributed by atoms with Crippen LogP contribution in [0, 0.1) is 41.4 Å². The van der Waals surface area contributed by atoms with E-state index in [1.807, 2.05) is 0 Å². The molecule has 0 saturated heterocycles. The number of rotatable bonds is 1. The Kier molecular flexibility index (Phi) is 1.23. The molecule has 18 heavy (non-hydrogen) atoms. The highest BCUT2D eigenvalue weighted by Crippen LogP contribution is 2.86. The van der Waals surface area contributed by atoms with Crippen LogP contribution in [0.25, 0.3) is 0 Å². The van der Waals surface area contributed by atoms with E-state index in [2.05, 4.69) is 30.3 Å². The molecule has 1 aromatic rings. The topological polar surface area (TPSA) is 26.0 Å². The van der Waals surface area contributed by atoms with Gasteiger partial charge in [0, 0.05) is 11.5 Å². The average molecular weight is 237 g/mol. The van der Waals surface area contributed by atoms with E-state index in [1.165, 1.54) is 12.8 Å². The first-order chi connectivity index (χ1) is 8.85. The lowest BCUT2D eigenvalue weighted by Gasteiger charge is -2.43. The third kappa shape index (κ3) is 0.602. The molecular weight excluding hydrogens is 218 g/mol. The molecule has 0 heterocycles. The molecule has 1 nitrogen and oxygen atoms in total. The summed E-state index contributed by atoms with van der Waals surface area (Å²) in [4.78, 5) is 0. The summed E-state index contributed by atoms with van der Waals surface area (Å²) in [5.74, 6) is 6.94. The predicted molar refractivity (Wildman–Crippen MR) is 69.8 cm³/mol. The zero-order valence-electron chi connectivity index (χ0n) is 10.5. The first-order valence-corrected chi connectivity index (χ1v) is 7.66. The van der Waals surface area contributed by atoms with Crippen molar-refractivity contribution in [2.45, 2.75) is 24.3 Å². The van der Waals surface area contributed by atoms with Gasteiger partial charge < -0.3 is 5.73 Å². The minimum atomic E-state index is 0.402. The van der Waals surface area contributed by atoms with E-state index in [-0.39, 0.29) is 0 Å². The SMILES string of the molecule is N[C@@H]1[C@@H]2[C@H]3[C@H]4C[C@@H]2C2[C@H]4C[C@H]3[C@@]21c1ccccc1. The smallest absolute Gasteiger partial charge is 0.0176 e. The molecule has 1 unspecified atom stereocenters. The molecule has 9 atom stereocenters. The van der Waals surface area contributed by atoms with Crippen molar-refractivity contribution in [2.24, 2.45) is 47.2 Å². The highest BCUT2D eigenvalue weighted by molar-refractivity contribution is 5.46. The summed E-state index contributed by atoms with van der Waals surface area (Å²) in [6.45, 7) is 0. The standard InChI is InChI=1S/C17H19N/c18-16-14-11-6-9-10-7-12(13(9)14)17(16,15(10)11)8-4-2-1-3-5-8/h1-5,9-16H,6-7,18H2/t9-,10-,11-,12+,13-,14-,15?,16+,17-/m0/s1. The van der Waals surface area contributed by atoms with Gasteiger partial charge in [0.25, 0.3) is 0 Å². The first kappa shape index (κ1) is 9.14. The van der Waals surface area contributed by atoms with Crippen molar-refractivity contribution in [3.63, 3.8) is 0 Å². The van der Waals surface area contributed by atoms with Crippen molar-refractivity contribution in [2.75, 3.05) is 0 Å². The van der Waals surface area contributed by atoms with Gasteiger partial charge in [-0.2, -0.15) is 0 Å². The van der Waals surface area contributed by atoms with Crippen molar-refractivity contribution in [1.29, 1.82) is 0 Å². The molecular formula is C17H19N. The molecule has 1 aromatic carbocycles. The lowest BCUT2D eigenvalue weighted by Crippen LogP contribution is -2.46. The fourth-order valence-electron chi connectivity index (χ4n) is 8.06. The van der Waals surface area contributed by atoms with Crippen molar-refractivity contribution >= 4 is 0 Å². The maximum atomic E-state index is 6.81. The quantitative estimate of drug-likeness (QED) is 0.797. The summed E-state index contributed by atoms with van der Waals surface area (Å²) < 4.78 is 0. The Morgan fingerprint density at radius 3 is 2.61 bits per heavy atom. The van der Waals surface area contributed by atoms with Gasteiger partial charge in [-0.3, -0.25) is 0 Å². The zero-order chi connectivity index (χ0) is 11.6. The summed E-state index contributed by atoms with van der Waals surface area (Å²) in [6, 6.07) is 11.8. The molecule has 0 amide bonds. The molecule has 6 aliphatic carbocycles. The van der Waals surface area contributed by atoms with Crippen LogP contribution >= 0.6 is 0 Å². The lowest BCUT2D eigenvalue weighted by atomic mass is 9.60. The van der Waals surface area contributed by atoms with Crippen molar-refractivity contribution in [1.82, 2.24) is 0 Å². The van der Waals surface area contributed by atoms with Gasteiger partial charge in [0.05, 0.1) is 0 Å². The summed E-state index contributed by atoms with van der Waals surface area (Å²) in [5.41, 5.74) is 8.80. The van der Waals surface area contributed by atoms with E-state index in [0.717, 1.165) is 41.4 Å². The highest BCUT2D eigenvalue weighted by Gasteiger charge is 2.85. The van der Waals surface area contributed by atoms with Crippen LogP contribution in [-0.2, 0) is 5.41 Å². The molecule has 6 fully saturated rings. The molecule has 0 spiro atoms. The summed E-state index contributed by atoms with van der Waals surface area (Å²) in [6.07, 6.45) is 3.04. The van der Waals surface area contributed by atoms with E-state index >= 15 is 0 Å². The number of hydrogen-bond acceptors (Lipinski definition) is 1. The van der Waals surface area contributed by atoms with Gasteiger partial charge in [-0.15, -0.1) is 0 Å². The van der Waals surface area contributed by atoms with Crippen molar-refractivity contribution < 1.29 is 0 Å². The number of hydrogen-bond donors (Lipinski definition) is 1. The predicted octanol–water partition coefficient (Wildman–Crippen LogP) is 2.41. The Morgan fingerprint density at radius 2 is 1.78 bits per heavy atom. The molecule has 6 bridgehead atoms. The van der Waals surface area contributed by atoms with Gasteiger partial charge >= 0.3 is 0 Å². The Balaban J connectivity index is 1.68. The fourth-order valence-corrected chi connectivity index (χ4v) is 8.06. The van der Waals surface area contributed by atoms with Gasteiger partial charge in [-0.25, -0.2) is 0 Å². The minimum Gasteiger partial charge on any atom is -0.327 e. The molecule has 2 N–H and O–H groups in total. The van der Waals surface area contributed by atoms with Crippen LogP contribution in [0.5, 0.6) is 0 Å². The molecule has 0 radical (unpaired) electrons. The Labute approximate surface area is 108 Å². The van der Waals surface area contributed by atoms with Crippen LogP contribution in [0.1, 0.15) is 18.4 Å². The molecule has 0 aliphatic heterocycles. The maximum Gasteiger partial charge on any atom is 0.0176 e. The van der Waals surface area contributed by atoms with E-state index in [4.69, 9.17) is 5.73 Å². The summed E-state index contributed by atoms with van der Waals surface area (Å²) in [7, 11) is 0. The average Bonchev–Trinajstić information content (AvgIpc) is 3.11. The molecule has 92 valence electrons. The molecule has 0 aromatic heterocycles. The van der Waals surface area contributed by atoms with E-state index in [1.54, 1.807) is 5.56 Å². The molecule has 7 rings (SSSR count). The maximum absolute atomic E-state index is 6.81. The van der Waals surface area contributed by atoms with E-state index in [0.29, 0.717) is 11.5 Å². The van der Waals surface area contributed by atoms with Crippen LogP contribution in [0.3, 0.4) is 0 Å². The second-order valence-corrected chi connectivity index (χ2v) is 7.57. The van der Waals surface area contributed by atoms with E-state index in [9.17, 15) is 0 Å². The van der Waals surface area contributed by atoms with Crippen LogP contribution < -0.4 is 5.73 Å². The Morgan fingerprint density at radius 1 is 0.944 bits per heavy atom. The third-order valence-corrected chi connectivity index (χ3v) is 7.85. The van der Waals surface area contributed by atoms with E-state index < -0.39 is 0 Å². The second kappa shape index (κ2) is 2.43. The molecule has 1 heteroatoms. The highest BCUT2D eigenvalue weighted by atomic mass is 15.0. The monoisotopic (exact) mass is 237 g/mol. The minimum absolute atomic E-state index is 0.402. The van der Waals surface area contributed by atoms with Crippen LogP contribution in [0.2, 0.25) is 0 Å². The third-order valence-electron chi connectivity index (χ3n) is 7.85. The largest absolute Gasteiger partial charge is 0.327 e. The van der Waals surface area contributed by atoms with Gasteiger partial charge in [0.2, 0.25) is 0 Å². The zero-order valence-corrected chi connectivity index (χ0v) is 10.5. The van der Waals surface area contributed by atoms with Crippen LogP contribution in [-0.4, -0.2) is 6.04 Å². The van der Waals surface area contributed by atoms with Gasteiger partial charge in [0.15, 0.2) is 0 Å². The normalized spacial score (nSPS) is 64.7. The van der Waals surface area contributed by atoms with Gasteiger partial charge in [-0.1, -0.05) is 30.3 Å². The lowest BCUT2D eigenvalue weighted by molar-refractivity contribution is 0.107. The van der Waals surface area contributed by atoms with Crippen LogP contribution in [0.15, 0.2) is 30.3 Å². The molecule has 6 aliphatic rings. The van der Waals surface area contributed by atoms with Crippen molar-refractivity contribution in [3.05, 3.63) is 35.9 Å². The van der Waals surface area contributed by atoms with Crippen molar-refractivity contribution in [3.8, 4) is 0 Å². The van der Waals surface area contributed by atoms with Gasteiger partial charge in [-0.05, 0) is 59.8 Å². The van der Waals surface area contributed by atoms with Crippen LogP contribution in [0.4, 0.5) is 0 Å². The summed E-state index contributed by atoms with van der Waals surface area (Å²) >= 11 is 0. The number of nitrogens with two attached hydrogens (primary N) is 1. The second-order valence-electron chi connectivity index (χ2n) is 7.57. The Bertz CT molecular complexity index is 552. The number of benzene rings is 1. The van der Waals surface area contributed by atoms with Gasteiger partial charge in [0.1, 0.15) is 0 Å². The fraction of sp³-hybridized carbons (Fsp3) is 0.647. The summed E-state index contributed by atoms with van der Waals surface area (Å²) in [5, 5.41) is 0.